The Kier molecular flexibility index (Phi) is 6.36. The van der Waals surface area contributed by atoms with E-state index in [0.29, 0.717) is 12.5 Å². The third-order valence-corrected chi connectivity index (χ3v) is 3.92. The van der Waals surface area contributed by atoms with Gasteiger partial charge in [-0.15, -0.1) is 0 Å². The van der Waals surface area contributed by atoms with Crippen molar-refractivity contribution in [3.05, 3.63) is 65.5 Å². The standard InChI is InChI=1S/C20H28N4/c1-20(2,3)17-9-7-16(8-10-17)11-14-23-19(21)24-15-12-18-6-4-5-13-22-18/h4-10,13H,11-12,14-15H2,1-3H3,(H3,21,23,24). The summed E-state index contributed by atoms with van der Waals surface area (Å²) in [6.07, 6.45) is 3.53. The van der Waals surface area contributed by atoms with Crippen LogP contribution in [0.3, 0.4) is 0 Å². The number of nitrogens with two attached hydrogens (primary N) is 1. The van der Waals surface area contributed by atoms with Gasteiger partial charge in [0.05, 0.1) is 0 Å². The van der Waals surface area contributed by atoms with Gasteiger partial charge in [-0.1, -0.05) is 51.1 Å². The maximum atomic E-state index is 5.90. The number of guanidine groups is 1. The molecule has 0 unspecified atom stereocenters. The lowest BCUT2D eigenvalue weighted by Gasteiger charge is -2.19. The van der Waals surface area contributed by atoms with Gasteiger partial charge in [-0.25, -0.2) is 0 Å². The highest BCUT2D eigenvalue weighted by molar-refractivity contribution is 5.77. The molecule has 128 valence electrons. The summed E-state index contributed by atoms with van der Waals surface area (Å²) < 4.78 is 0. The zero-order chi connectivity index (χ0) is 17.4. The van der Waals surface area contributed by atoms with Gasteiger partial charge in [-0.3, -0.25) is 9.98 Å². The number of nitrogens with one attached hydrogen (secondary N) is 1. The number of benzene rings is 1. The molecule has 4 nitrogen and oxygen atoms in total. The molecule has 0 spiro atoms. The van der Waals surface area contributed by atoms with Crippen LogP contribution in [0, 0.1) is 0 Å². The first-order chi connectivity index (χ1) is 11.4. The monoisotopic (exact) mass is 324 g/mol. The second kappa shape index (κ2) is 8.48. The van der Waals surface area contributed by atoms with Gasteiger partial charge in [-0.05, 0) is 35.1 Å². The molecule has 0 aliphatic rings. The topological polar surface area (TPSA) is 63.3 Å². The first kappa shape index (κ1) is 18.0. The molecule has 0 fully saturated rings. The van der Waals surface area contributed by atoms with E-state index in [1.54, 1.807) is 6.20 Å². The average molecular weight is 324 g/mol. The van der Waals surface area contributed by atoms with Crippen LogP contribution < -0.4 is 11.1 Å². The first-order valence-corrected chi connectivity index (χ1v) is 8.48. The molecule has 1 aromatic carbocycles. The van der Waals surface area contributed by atoms with E-state index < -0.39 is 0 Å². The Labute approximate surface area is 145 Å². The molecule has 1 heterocycles. The summed E-state index contributed by atoms with van der Waals surface area (Å²) in [5.74, 6) is 0.497. The van der Waals surface area contributed by atoms with Crippen molar-refractivity contribution >= 4 is 5.96 Å². The zero-order valence-electron chi connectivity index (χ0n) is 14.9. The van der Waals surface area contributed by atoms with E-state index >= 15 is 0 Å². The van der Waals surface area contributed by atoms with E-state index in [0.717, 1.165) is 25.1 Å². The highest BCUT2D eigenvalue weighted by Gasteiger charge is 2.12. The molecule has 2 rings (SSSR count). The number of hydrogen-bond acceptors (Lipinski definition) is 2. The van der Waals surface area contributed by atoms with Gasteiger partial charge in [-0.2, -0.15) is 0 Å². The van der Waals surface area contributed by atoms with E-state index in [1.165, 1.54) is 11.1 Å². The van der Waals surface area contributed by atoms with Crippen LogP contribution in [0.25, 0.3) is 0 Å². The molecule has 0 saturated heterocycles. The molecule has 0 amide bonds. The number of pyridine rings is 1. The fourth-order valence-corrected chi connectivity index (χ4v) is 2.40. The molecule has 0 bridgehead atoms. The van der Waals surface area contributed by atoms with Gasteiger partial charge >= 0.3 is 0 Å². The molecule has 4 heteroatoms. The largest absolute Gasteiger partial charge is 0.370 e. The van der Waals surface area contributed by atoms with Crippen LogP contribution in [0.5, 0.6) is 0 Å². The molecule has 3 N–H and O–H groups in total. The lowest BCUT2D eigenvalue weighted by molar-refractivity contribution is 0.590. The van der Waals surface area contributed by atoms with E-state index in [9.17, 15) is 0 Å². The summed E-state index contributed by atoms with van der Waals surface area (Å²) in [5, 5.41) is 3.17. The molecule has 24 heavy (non-hydrogen) atoms. The number of nitrogens with zero attached hydrogens (tertiary/aromatic N) is 2. The summed E-state index contributed by atoms with van der Waals surface area (Å²) >= 11 is 0. The van der Waals surface area contributed by atoms with Gasteiger partial charge in [0.15, 0.2) is 5.96 Å². The quantitative estimate of drug-likeness (QED) is 0.634. The SMILES string of the molecule is CC(C)(C)c1ccc(CCNC(N)=NCCc2ccccn2)cc1. The molecule has 0 radical (unpaired) electrons. The van der Waals surface area contributed by atoms with Gasteiger partial charge < -0.3 is 11.1 Å². The van der Waals surface area contributed by atoms with E-state index in [1.807, 2.05) is 18.2 Å². The maximum absolute atomic E-state index is 5.90. The minimum atomic E-state index is 0.196. The van der Waals surface area contributed by atoms with Crippen molar-refractivity contribution in [3.8, 4) is 0 Å². The number of aliphatic imine (C=N–C) groups is 1. The number of hydrogen-bond donors (Lipinski definition) is 2. The molecule has 0 aliphatic carbocycles. The molecule has 2 aromatic rings. The summed E-state index contributed by atoms with van der Waals surface area (Å²) in [7, 11) is 0. The minimum Gasteiger partial charge on any atom is -0.370 e. The predicted octanol–water partition coefficient (Wildman–Crippen LogP) is 3.07. The molecular weight excluding hydrogens is 296 g/mol. The Bertz CT molecular complexity index is 640. The Morgan fingerprint density at radius 1 is 1.08 bits per heavy atom. The molecule has 0 atom stereocenters. The first-order valence-electron chi connectivity index (χ1n) is 8.48. The van der Waals surface area contributed by atoms with Crippen LogP contribution in [0.4, 0.5) is 0 Å². The van der Waals surface area contributed by atoms with Crippen molar-refractivity contribution in [2.75, 3.05) is 13.1 Å². The Hall–Kier alpha value is -2.36. The van der Waals surface area contributed by atoms with Crippen LogP contribution in [0.1, 0.15) is 37.6 Å². The van der Waals surface area contributed by atoms with Crippen molar-refractivity contribution in [2.45, 2.75) is 39.0 Å². The number of rotatable bonds is 6. The van der Waals surface area contributed by atoms with Gasteiger partial charge in [0.2, 0.25) is 0 Å². The lowest BCUT2D eigenvalue weighted by Crippen LogP contribution is -2.33. The van der Waals surface area contributed by atoms with Crippen LogP contribution >= 0.6 is 0 Å². The van der Waals surface area contributed by atoms with Gasteiger partial charge in [0.1, 0.15) is 0 Å². The highest BCUT2D eigenvalue weighted by Crippen LogP contribution is 2.22. The van der Waals surface area contributed by atoms with Crippen LogP contribution in [0.15, 0.2) is 53.7 Å². The van der Waals surface area contributed by atoms with Crippen molar-refractivity contribution in [1.82, 2.24) is 10.3 Å². The summed E-state index contributed by atoms with van der Waals surface area (Å²) in [6.45, 7) is 8.12. The average Bonchev–Trinajstić information content (AvgIpc) is 2.55. The Morgan fingerprint density at radius 2 is 1.83 bits per heavy atom. The second-order valence-electron chi connectivity index (χ2n) is 6.96. The predicted molar refractivity (Wildman–Crippen MR) is 101 cm³/mol. The normalized spacial score (nSPS) is 12.2. The molecular formula is C20H28N4. The maximum Gasteiger partial charge on any atom is 0.188 e. The molecule has 1 aromatic heterocycles. The fraction of sp³-hybridized carbons (Fsp3) is 0.400. The summed E-state index contributed by atoms with van der Waals surface area (Å²) in [6, 6.07) is 14.7. The molecule has 0 saturated carbocycles. The third-order valence-electron chi connectivity index (χ3n) is 3.92. The third kappa shape index (κ3) is 6.03. The van der Waals surface area contributed by atoms with Crippen molar-refractivity contribution < 1.29 is 0 Å². The summed E-state index contributed by atoms with van der Waals surface area (Å²) in [5.41, 5.74) is 9.79. The summed E-state index contributed by atoms with van der Waals surface area (Å²) in [4.78, 5) is 8.61. The van der Waals surface area contributed by atoms with Crippen molar-refractivity contribution in [3.63, 3.8) is 0 Å². The zero-order valence-corrected chi connectivity index (χ0v) is 14.9. The molecule has 0 aliphatic heterocycles. The second-order valence-corrected chi connectivity index (χ2v) is 6.96. The van der Waals surface area contributed by atoms with Crippen LogP contribution in [-0.2, 0) is 18.3 Å². The van der Waals surface area contributed by atoms with E-state index in [-0.39, 0.29) is 5.41 Å². The van der Waals surface area contributed by atoms with Crippen LogP contribution in [0.2, 0.25) is 0 Å². The lowest BCUT2D eigenvalue weighted by atomic mass is 9.86. The Morgan fingerprint density at radius 3 is 2.46 bits per heavy atom. The number of aromatic nitrogens is 1. The smallest absolute Gasteiger partial charge is 0.188 e. The van der Waals surface area contributed by atoms with E-state index in [2.05, 4.69) is 60.3 Å². The Balaban J connectivity index is 1.72. The highest BCUT2D eigenvalue weighted by atomic mass is 15.1. The van der Waals surface area contributed by atoms with Crippen molar-refractivity contribution in [2.24, 2.45) is 10.7 Å². The van der Waals surface area contributed by atoms with Crippen LogP contribution in [-0.4, -0.2) is 24.0 Å². The fourth-order valence-electron chi connectivity index (χ4n) is 2.40. The minimum absolute atomic E-state index is 0.196. The van der Waals surface area contributed by atoms with Gasteiger partial charge in [0, 0.05) is 31.4 Å². The van der Waals surface area contributed by atoms with E-state index in [4.69, 9.17) is 5.73 Å². The van der Waals surface area contributed by atoms with Crippen molar-refractivity contribution in [1.29, 1.82) is 0 Å². The van der Waals surface area contributed by atoms with Gasteiger partial charge in [0.25, 0.3) is 0 Å².